The monoisotopic (exact) mass is 254 g/mol. The lowest BCUT2D eigenvalue weighted by Gasteiger charge is -2.44. The predicted octanol–water partition coefficient (Wildman–Crippen LogP) is 3.23. The summed E-state index contributed by atoms with van der Waals surface area (Å²) in [5, 5.41) is 18.9. The van der Waals surface area contributed by atoms with Gasteiger partial charge in [-0.15, -0.1) is 0 Å². The van der Waals surface area contributed by atoms with Crippen LogP contribution in [-0.4, -0.2) is 22.3 Å². The predicted molar refractivity (Wildman–Crippen MR) is 72.3 cm³/mol. The van der Waals surface area contributed by atoms with Gasteiger partial charge >= 0.3 is 5.97 Å². The first-order valence-electron chi connectivity index (χ1n) is 6.82. The van der Waals surface area contributed by atoms with Crippen molar-refractivity contribution in [2.45, 2.75) is 59.0 Å². The molecular weight excluding hydrogens is 228 g/mol. The number of carboxylic acid groups (broad SMARTS) is 1. The Kier molecular flexibility index (Phi) is 4.97. The van der Waals surface area contributed by atoms with E-state index in [1.54, 1.807) is 0 Å². The minimum absolute atomic E-state index is 0.141. The second-order valence-electron chi connectivity index (χ2n) is 6.37. The number of hydrogen-bond donors (Lipinski definition) is 2. The number of rotatable bonds is 5. The molecule has 104 valence electrons. The van der Waals surface area contributed by atoms with Gasteiger partial charge in [0, 0.05) is 6.42 Å². The highest BCUT2D eigenvalue weighted by molar-refractivity contribution is 5.66. The van der Waals surface area contributed by atoms with Crippen LogP contribution in [0.5, 0.6) is 0 Å². The summed E-state index contributed by atoms with van der Waals surface area (Å²) >= 11 is 0. The fraction of sp³-hybridized carbons (Fsp3) is 0.800. The second-order valence-corrected chi connectivity index (χ2v) is 6.37. The van der Waals surface area contributed by atoms with Gasteiger partial charge in [0.05, 0.1) is 6.10 Å². The van der Waals surface area contributed by atoms with Crippen LogP contribution >= 0.6 is 0 Å². The summed E-state index contributed by atoms with van der Waals surface area (Å²) in [4.78, 5) is 10.6. The van der Waals surface area contributed by atoms with Crippen molar-refractivity contribution in [2.75, 3.05) is 0 Å². The van der Waals surface area contributed by atoms with E-state index in [4.69, 9.17) is 5.11 Å². The highest BCUT2D eigenvalue weighted by Crippen LogP contribution is 2.45. The van der Waals surface area contributed by atoms with Crippen LogP contribution in [-0.2, 0) is 4.79 Å². The fourth-order valence-electron chi connectivity index (χ4n) is 3.05. The molecule has 2 N–H and O–H groups in total. The van der Waals surface area contributed by atoms with Gasteiger partial charge < -0.3 is 10.2 Å². The van der Waals surface area contributed by atoms with E-state index >= 15 is 0 Å². The molecule has 0 aliphatic heterocycles. The number of aliphatic carboxylic acids is 1. The molecule has 0 aromatic rings. The molecule has 0 radical (unpaired) electrons. The van der Waals surface area contributed by atoms with E-state index in [0.29, 0.717) is 5.92 Å². The Balaban J connectivity index is 2.58. The van der Waals surface area contributed by atoms with E-state index in [1.165, 1.54) is 5.57 Å². The first kappa shape index (κ1) is 15.2. The average Bonchev–Trinajstić information content (AvgIpc) is 2.22. The van der Waals surface area contributed by atoms with Gasteiger partial charge in [-0.2, -0.15) is 0 Å². The number of carboxylic acids is 1. The first-order valence-corrected chi connectivity index (χ1v) is 6.82. The zero-order chi connectivity index (χ0) is 13.9. The second kappa shape index (κ2) is 5.87. The standard InChI is InChI=1S/C15H26O3/c1-10(9-14(17)18)5-7-12-11(2)6-8-13(16)15(12,3)4/h10,12-13,16H,2,5-9H2,1,3-4H3,(H,17,18)/t10?,12-,13+/m1/s1. The number of hydrogen-bond acceptors (Lipinski definition) is 2. The molecule has 1 saturated carbocycles. The number of carbonyl (C=O) groups is 1. The van der Waals surface area contributed by atoms with E-state index in [9.17, 15) is 9.90 Å². The van der Waals surface area contributed by atoms with Crippen molar-refractivity contribution in [1.29, 1.82) is 0 Å². The van der Waals surface area contributed by atoms with Crippen LogP contribution in [0.1, 0.15) is 52.9 Å². The number of allylic oxidation sites excluding steroid dienone is 1. The van der Waals surface area contributed by atoms with Gasteiger partial charge in [-0.25, -0.2) is 0 Å². The molecule has 1 rings (SSSR count). The molecule has 0 bridgehead atoms. The summed E-state index contributed by atoms with van der Waals surface area (Å²) in [5.74, 6) is -0.244. The molecule has 3 heteroatoms. The molecule has 0 spiro atoms. The van der Waals surface area contributed by atoms with Crippen molar-refractivity contribution in [2.24, 2.45) is 17.3 Å². The third-order valence-electron chi connectivity index (χ3n) is 4.46. The molecule has 0 aromatic heterocycles. The Bertz CT molecular complexity index is 320. The topological polar surface area (TPSA) is 57.5 Å². The molecule has 0 saturated heterocycles. The van der Waals surface area contributed by atoms with Crippen LogP contribution in [0.2, 0.25) is 0 Å². The summed E-state index contributed by atoms with van der Waals surface area (Å²) in [5.41, 5.74) is 1.07. The van der Waals surface area contributed by atoms with Crippen LogP contribution in [0, 0.1) is 17.3 Å². The maximum atomic E-state index is 10.6. The van der Waals surface area contributed by atoms with Crippen LogP contribution in [0.15, 0.2) is 12.2 Å². The zero-order valence-corrected chi connectivity index (χ0v) is 11.8. The lowest BCUT2D eigenvalue weighted by atomic mass is 9.63. The summed E-state index contributed by atoms with van der Waals surface area (Å²) in [7, 11) is 0. The Morgan fingerprint density at radius 3 is 2.72 bits per heavy atom. The van der Waals surface area contributed by atoms with E-state index in [0.717, 1.165) is 25.7 Å². The molecular formula is C15H26O3. The van der Waals surface area contributed by atoms with Gasteiger partial charge in [-0.3, -0.25) is 4.79 Å². The maximum Gasteiger partial charge on any atom is 0.303 e. The summed E-state index contributed by atoms with van der Waals surface area (Å²) < 4.78 is 0. The molecule has 3 atom stereocenters. The molecule has 3 nitrogen and oxygen atoms in total. The number of aliphatic hydroxyl groups excluding tert-OH is 1. The van der Waals surface area contributed by atoms with Crippen molar-refractivity contribution >= 4 is 5.97 Å². The third kappa shape index (κ3) is 3.58. The van der Waals surface area contributed by atoms with Crippen molar-refractivity contribution in [3.8, 4) is 0 Å². The Hall–Kier alpha value is -0.830. The smallest absolute Gasteiger partial charge is 0.303 e. The van der Waals surface area contributed by atoms with Gasteiger partial charge in [0.15, 0.2) is 0 Å². The quantitative estimate of drug-likeness (QED) is 0.741. The Morgan fingerprint density at radius 1 is 1.56 bits per heavy atom. The van der Waals surface area contributed by atoms with Gasteiger partial charge in [0.2, 0.25) is 0 Å². The van der Waals surface area contributed by atoms with Gasteiger partial charge in [0.1, 0.15) is 0 Å². The van der Waals surface area contributed by atoms with Crippen LogP contribution < -0.4 is 0 Å². The summed E-state index contributed by atoms with van der Waals surface area (Å²) in [6.07, 6.45) is 3.45. The average molecular weight is 254 g/mol. The molecule has 1 unspecified atom stereocenters. The Morgan fingerprint density at radius 2 is 2.17 bits per heavy atom. The maximum absolute atomic E-state index is 10.6. The highest BCUT2D eigenvalue weighted by atomic mass is 16.4. The molecule has 18 heavy (non-hydrogen) atoms. The van der Waals surface area contributed by atoms with Gasteiger partial charge in [-0.05, 0) is 42.9 Å². The van der Waals surface area contributed by atoms with E-state index in [2.05, 4.69) is 20.4 Å². The normalized spacial score (nSPS) is 29.0. The van der Waals surface area contributed by atoms with E-state index in [-0.39, 0.29) is 23.9 Å². The van der Waals surface area contributed by atoms with Crippen molar-refractivity contribution in [3.63, 3.8) is 0 Å². The molecule has 1 fully saturated rings. The first-order chi connectivity index (χ1) is 8.25. The van der Waals surface area contributed by atoms with E-state index < -0.39 is 5.97 Å². The van der Waals surface area contributed by atoms with Crippen LogP contribution in [0.4, 0.5) is 0 Å². The van der Waals surface area contributed by atoms with Gasteiger partial charge in [0.25, 0.3) is 0 Å². The van der Waals surface area contributed by atoms with Crippen LogP contribution in [0.25, 0.3) is 0 Å². The van der Waals surface area contributed by atoms with Crippen molar-refractivity contribution < 1.29 is 15.0 Å². The summed E-state index contributed by atoms with van der Waals surface area (Å²) in [6.45, 7) is 10.3. The lowest BCUT2D eigenvalue weighted by molar-refractivity contribution is -0.138. The van der Waals surface area contributed by atoms with Gasteiger partial charge in [-0.1, -0.05) is 32.9 Å². The molecule has 0 aromatic carbocycles. The molecule has 1 aliphatic carbocycles. The Labute approximate surface area is 110 Å². The molecule has 0 heterocycles. The molecule has 1 aliphatic rings. The van der Waals surface area contributed by atoms with Crippen molar-refractivity contribution in [1.82, 2.24) is 0 Å². The zero-order valence-electron chi connectivity index (χ0n) is 11.8. The highest BCUT2D eigenvalue weighted by Gasteiger charge is 2.40. The van der Waals surface area contributed by atoms with Crippen molar-refractivity contribution in [3.05, 3.63) is 12.2 Å². The largest absolute Gasteiger partial charge is 0.481 e. The summed E-state index contributed by atoms with van der Waals surface area (Å²) in [6, 6.07) is 0. The molecule has 0 amide bonds. The lowest BCUT2D eigenvalue weighted by Crippen LogP contribution is -2.41. The van der Waals surface area contributed by atoms with Crippen LogP contribution in [0.3, 0.4) is 0 Å². The minimum Gasteiger partial charge on any atom is -0.481 e. The minimum atomic E-state index is -0.732. The fourth-order valence-corrected chi connectivity index (χ4v) is 3.05. The third-order valence-corrected chi connectivity index (χ3v) is 4.46. The SMILES string of the molecule is C=C1CC[C@H](O)C(C)(C)[C@@H]1CCC(C)CC(=O)O. The van der Waals surface area contributed by atoms with E-state index in [1.807, 2.05) is 6.92 Å². The number of aliphatic hydroxyl groups is 1.